The summed E-state index contributed by atoms with van der Waals surface area (Å²) in [4.78, 5) is 19.0. The molecule has 1 amide bonds. The number of carbonyl (C=O) groups excluding carboxylic acids is 1. The molecule has 2 aromatic rings. The van der Waals surface area contributed by atoms with Gasteiger partial charge in [0.2, 0.25) is 15.9 Å². The minimum Gasteiger partial charge on any atom is -0.340 e. The van der Waals surface area contributed by atoms with Gasteiger partial charge in [-0.1, -0.05) is 25.0 Å². The van der Waals surface area contributed by atoms with Crippen LogP contribution in [0.1, 0.15) is 31.2 Å². The monoisotopic (exact) mass is 387 g/mol. The number of rotatable bonds is 3. The number of amides is 1. The Morgan fingerprint density at radius 3 is 2.52 bits per heavy atom. The molecule has 7 heteroatoms. The average molecular weight is 388 g/mol. The van der Waals surface area contributed by atoms with Crippen molar-refractivity contribution in [2.75, 3.05) is 26.2 Å². The molecule has 1 aliphatic heterocycles. The summed E-state index contributed by atoms with van der Waals surface area (Å²) in [6.07, 6.45) is 5.88. The van der Waals surface area contributed by atoms with E-state index in [1.165, 1.54) is 4.31 Å². The van der Waals surface area contributed by atoms with E-state index in [0.29, 0.717) is 31.7 Å². The Morgan fingerprint density at radius 2 is 1.81 bits per heavy atom. The van der Waals surface area contributed by atoms with Crippen LogP contribution < -0.4 is 0 Å². The third kappa shape index (κ3) is 3.46. The van der Waals surface area contributed by atoms with Crippen LogP contribution in [-0.2, 0) is 14.8 Å². The van der Waals surface area contributed by atoms with Gasteiger partial charge in [0.1, 0.15) is 4.90 Å². The third-order valence-corrected chi connectivity index (χ3v) is 7.61. The number of pyridine rings is 1. The van der Waals surface area contributed by atoms with E-state index in [1.54, 1.807) is 18.3 Å². The van der Waals surface area contributed by atoms with Gasteiger partial charge in [0.05, 0.1) is 5.52 Å². The smallest absolute Gasteiger partial charge is 0.245 e. The zero-order chi connectivity index (χ0) is 19.0. The van der Waals surface area contributed by atoms with Crippen molar-refractivity contribution < 1.29 is 13.2 Å². The summed E-state index contributed by atoms with van der Waals surface area (Å²) in [5, 5.41) is 0.825. The van der Waals surface area contributed by atoms with Crippen molar-refractivity contribution in [1.82, 2.24) is 14.2 Å². The van der Waals surface area contributed by atoms with Crippen LogP contribution in [0, 0.1) is 12.8 Å². The second-order valence-corrected chi connectivity index (χ2v) is 9.46. The zero-order valence-corrected chi connectivity index (χ0v) is 16.4. The normalized spacial score (nSPS) is 19.7. The number of hydrogen-bond acceptors (Lipinski definition) is 4. The maximum atomic E-state index is 13.2. The molecule has 0 N–H and O–H groups in total. The number of aromatic nitrogens is 1. The molecule has 1 aromatic carbocycles. The summed E-state index contributed by atoms with van der Waals surface area (Å²) < 4.78 is 27.9. The first kappa shape index (κ1) is 18.4. The van der Waals surface area contributed by atoms with Crippen molar-refractivity contribution in [3.05, 3.63) is 36.0 Å². The van der Waals surface area contributed by atoms with E-state index in [9.17, 15) is 13.2 Å². The van der Waals surface area contributed by atoms with Gasteiger partial charge in [-0.25, -0.2) is 8.42 Å². The van der Waals surface area contributed by atoms with E-state index in [4.69, 9.17) is 0 Å². The Hall–Kier alpha value is -1.99. The van der Waals surface area contributed by atoms with Gasteiger partial charge < -0.3 is 4.90 Å². The fourth-order valence-corrected chi connectivity index (χ4v) is 5.76. The van der Waals surface area contributed by atoms with Gasteiger partial charge in [0, 0.05) is 43.7 Å². The highest BCUT2D eigenvalue weighted by Crippen LogP contribution is 2.28. The van der Waals surface area contributed by atoms with Crippen LogP contribution in [-0.4, -0.2) is 54.7 Å². The average Bonchev–Trinajstić information content (AvgIpc) is 3.21. The molecular formula is C20H25N3O3S. The highest BCUT2D eigenvalue weighted by molar-refractivity contribution is 7.89. The summed E-state index contributed by atoms with van der Waals surface area (Å²) >= 11 is 0. The Bertz CT molecular complexity index is 960. The van der Waals surface area contributed by atoms with E-state index in [1.807, 2.05) is 24.0 Å². The molecule has 1 aliphatic carbocycles. The van der Waals surface area contributed by atoms with Crippen molar-refractivity contribution in [2.24, 2.45) is 5.92 Å². The topological polar surface area (TPSA) is 70.6 Å². The molecule has 1 saturated carbocycles. The van der Waals surface area contributed by atoms with E-state index in [-0.39, 0.29) is 16.7 Å². The van der Waals surface area contributed by atoms with Gasteiger partial charge in [-0.2, -0.15) is 4.31 Å². The number of fused-ring (bicyclic) bond motifs is 1. The van der Waals surface area contributed by atoms with Gasteiger partial charge in [0.15, 0.2) is 0 Å². The Balaban J connectivity index is 1.53. The minimum atomic E-state index is -3.64. The fourth-order valence-electron chi connectivity index (χ4n) is 4.17. The molecule has 6 nitrogen and oxygen atoms in total. The van der Waals surface area contributed by atoms with Crippen molar-refractivity contribution in [3.63, 3.8) is 0 Å². The number of nitrogens with zero attached hydrogens (tertiary/aromatic N) is 3. The van der Waals surface area contributed by atoms with Crippen LogP contribution in [0.25, 0.3) is 10.9 Å². The molecule has 2 fully saturated rings. The van der Waals surface area contributed by atoms with Crippen molar-refractivity contribution in [2.45, 2.75) is 37.5 Å². The predicted octanol–water partition coefficient (Wildman–Crippen LogP) is 2.57. The summed E-state index contributed by atoms with van der Waals surface area (Å²) in [6.45, 7) is 3.54. The molecule has 2 heterocycles. The highest BCUT2D eigenvalue weighted by atomic mass is 32.2. The first-order valence-electron chi connectivity index (χ1n) is 9.61. The van der Waals surface area contributed by atoms with Crippen LogP contribution >= 0.6 is 0 Å². The largest absolute Gasteiger partial charge is 0.340 e. The molecule has 1 saturated heterocycles. The van der Waals surface area contributed by atoms with Gasteiger partial charge in [-0.15, -0.1) is 0 Å². The van der Waals surface area contributed by atoms with Crippen LogP contribution in [0.4, 0.5) is 0 Å². The molecule has 0 atom stereocenters. The van der Waals surface area contributed by atoms with Gasteiger partial charge >= 0.3 is 0 Å². The van der Waals surface area contributed by atoms with Crippen LogP contribution in [0.15, 0.2) is 35.4 Å². The molecule has 0 unspecified atom stereocenters. The molecule has 1 aromatic heterocycles. The number of benzene rings is 1. The third-order valence-electron chi connectivity index (χ3n) is 5.68. The molecule has 144 valence electrons. The molecule has 0 bridgehead atoms. The molecular weight excluding hydrogens is 362 g/mol. The number of para-hydroxylation sites is 1. The molecule has 27 heavy (non-hydrogen) atoms. The first-order chi connectivity index (χ1) is 13.0. The second-order valence-electron chi connectivity index (χ2n) is 7.55. The first-order valence-corrected chi connectivity index (χ1v) is 11.0. The lowest BCUT2D eigenvalue weighted by atomic mass is 10.1. The van der Waals surface area contributed by atoms with Crippen LogP contribution in [0.5, 0.6) is 0 Å². The molecule has 2 aliphatic rings. The highest BCUT2D eigenvalue weighted by Gasteiger charge is 2.34. The minimum absolute atomic E-state index is 0.138. The van der Waals surface area contributed by atoms with Crippen LogP contribution in [0.3, 0.4) is 0 Å². The Morgan fingerprint density at radius 1 is 1.11 bits per heavy atom. The van der Waals surface area contributed by atoms with Crippen LogP contribution in [0.2, 0.25) is 0 Å². The van der Waals surface area contributed by atoms with Gasteiger partial charge in [-0.3, -0.25) is 9.78 Å². The SMILES string of the molecule is Cc1cnc2c(S(=O)(=O)N3CCN(C(=O)C4CCCC4)CC3)cccc2c1. The van der Waals surface area contributed by atoms with E-state index in [0.717, 1.165) is 36.6 Å². The van der Waals surface area contributed by atoms with E-state index in [2.05, 4.69) is 4.98 Å². The summed E-state index contributed by atoms with van der Waals surface area (Å²) in [6, 6.07) is 7.21. The number of hydrogen-bond donors (Lipinski definition) is 0. The number of sulfonamides is 1. The number of aryl methyl sites for hydroxylation is 1. The molecule has 0 spiro atoms. The van der Waals surface area contributed by atoms with Gasteiger partial charge in [-0.05, 0) is 37.5 Å². The van der Waals surface area contributed by atoms with Crippen molar-refractivity contribution in [3.8, 4) is 0 Å². The Labute approximate surface area is 160 Å². The standard InChI is InChI=1S/C20H25N3O3S/c1-15-13-17-7-4-8-18(19(17)21-14-15)27(25,26)23-11-9-22(10-12-23)20(24)16-5-2-3-6-16/h4,7-8,13-14,16H,2-3,5-6,9-12H2,1H3. The number of piperazine rings is 1. The molecule has 4 rings (SSSR count). The lowest BCUT2D eigenvalue weighted by molar-refractivity contribution is -0.136. The van der Waals surface area contributed by atoms with Gasteiger partial charge in [0.25, 0.3) is 0 Å². The quantitative estimate of drug-likeness (QED) is 0.812. The fraction of sp³-hybridized carbons (Fsp3) is 0.500. The van der Waals surface area contributed by atoms with Crippen molar-refractivity contribution >= 4 is 26.8 Å². The lowest BCUT2D eigenvalue weighted by Gasteiger charge is -2.35. The maximum Gasteiger partial charge on any atom is 0.245 e. The summed E-state index contributed by atoms with van der Waals surface area (Å²) in [7, 11) is -3.64. The summed E-state index contributed by atoms with van der Waals surface area (Å²) in [5.74, 6) is 0.338. The second kappa shape index (κ2) is 7.20. The van der Waals surface area contributed by atoms with Crippen molar-refractivity contribution in [1.29, 1.82) is 0 Å². The van der Waals surface area contributed by atoms with E-state index < -0.39 is 10.0 Å². The summed E-state index contributed by atoms with van der Waals surface area (Å²) in [5.41, 5.74) is 1.50. The zero-order valence-electron chi connectivity index (χ0n) is 15.6. The van der Waals surface area contributed by atoms with E-state index >= 15 is 0 Å². The number of carbonyl (C=O) groups is 1. The molecule has 0 radical (unpaired) electrons. The predicted molar refractivity (Wildman–Crippen MR) is 104 cm³/mol. The lowest BCUT2D eigenvalue weighted by Crippen LogP contribution is -2.51. The maximum absolute atomic E-state index is 13.2. The Kier molecular flexibility index (Phi) is 4.90.